The molecule has 2 aromatic carbocycles. The molecule has 25 heavy (non-hydrogen) atoms. The van der Waals surface area contributed by atoms with E-state index in [0.717, 1.165) is 32.5 Å². The Morgan fingerprint density at radius 3 is 2.88 bits per heavy atom. The molecule has 0 aliphatic heterocycles. The second-order valence-electron chi connectivity index (χ2n) is 5.47. The maximum Gasteiger partial charge on any atom is 0.0832 e. The maximum absolute atomic E-state index is 12.2. The first-order chi connectivity index (χ1) is 12.2. The predicted molar refractivity (Wildman–Crippen MR) is 103 cm³/mol. The normalized spacial score (nSPS) is 12.5. The molecule has 7 heteroatoms. The number of fused-ring (bicyclic) bond motifs is 2. The lowest BCUT2D eigenvalue weighted by atomic mass is 10.2. The number of aliphatic hydroxyl groups is 1. The number of rotatable bonds is 5. The average molecular weight is 369 g/mol. The van der Waals surface area contributed by atoms with Gasteiger partial charge in [0, 0.05) is 27.9 Å². The molecular formula is C18H15N3O2S2. The van der Waals surface area contributed by atoms with Crippen molar-refractivity contribution in [1.82, 2.24) is 9.97 Å². The fourth-order valence-electron chi connectivity index (χ4n) is 2.67. The molecule has 1 atom stereocenters. The number of thiazole rings is 1. The quantitative estimate of drug-likeness (QED) is 0.561. The molecule has 0 spiro atoms. The van der Waals surface area contributed by atoms with Crippen molar-refractivity contribution in [2.45, 2.75) is 4.90 Å². The number of anilines is 2. The van der Waals surface area contributed by atoms with Crippen LogP contribution in [0.15, 0.2) is 59.1 Å². The van der Waals surface area contributed by atoms with E-state index in [-0.39, 0.29) is 12.4 Å². The van der Waals surface area contributed by atoms with Crippen molar-refractivity contribution in [3.05, 3.63) is 54.2 Å². The second kappa shape index (κ2) is 6.87. The topological polar surface area (TPSA) is 75.1 Å². The second-order valence-corrected chi connectivity index (χ2v) is 7.93. The fraction of sp³-hybridized carbons (Fsp3) is 0.111. The van der Waals surface area contributed by atoms with Gasteiger partial charge in [-0.2, -0.15) is 0 Å². The van der Waals surface area contributed by atoms with E-state index in [4.69, 9.17) is 5.11 Å². The first kappa shape index (κ1) is 16.1. The van der Waals surface area contributed by atoms with Crippen LogP contribution in [0.4, 0.5) is 11.4 Å². The van der Waals surface area contributed by atoms with Crippen LogP contribution in [-0.2, 0) is 10.8 Å². The Balaban J connectivity index is 1.74. The first-order valence-corrected chi connectivity index (χ1v) is 9.93. The third-order valence-corrected chi connectivity index (χ3v) is 6.01. The molecule has 4 aromatic rings. The fourth-order valence-corrected chi connectivity index (χ4v) is 4.20. The Hall–Kier alpha value is -2.35. The van der Waals surface area contributed by atoms with E-state index in [1.807, 2.05) is 41.9 Å². The third kappa shape index (κ3) is 3.26. The van der Waals surface area contributed by atoms with E-state index < -0.39 is 10.8 Å². The van der Waals surface area contributed by atoms with E-state index in [1.165, 1.54) is 0 Å². The summed E-state index contributed by atoms with van der Waals surface area (Å²) in [5, 5.41) is 13.3. The van der Waals surface area contributed by atoms with Gasteiger partial charge in [0.2, 0.25) is 0 Å². The van der Waals surface area contributed by atoms with Gasteiger partial charge in [0.25, 0.3) is 0 Å². The summed E-state index contributed by atoms with van der Waals surface area (Å²) in [6.07, 6.45) is 1.75. The van der Waals surface area contributed by atoms with Crippen molar-refractivity contribution in [3.63, 3.8) is 0 Å². The molecule has 126 valence electrons. The van der Waals surface area contributed by atoms with Crippen molar-refractivity contribution in [2.24, 2.45) is 0 Å². The zero-order chi connectivity index (χ0) is 17.2. The number of benzene rings is 2. The number of pyridine rings is 1. The van der Waals surface area contributed by atoms with Gasteiger partial charge in [-0.05, 0) is 42.5 Å². The Bertz CT molecular complexity index is 1080. The molecule has 4 rings (SSSR count). The molecule has 0 saturated heterocycles. The molecule has 0 bridgehead atoms. The van der Waals surface area contributed by atoms with Gasteiger partial charge in [0.15, 0.2) is 0 Å². The molecule has 0 radical (unpaired) electrons. The molecule has 2 heterocycles. The minimum absolute atomic E-state index is 0.101. The summed E-state index contributed by atoms with van der Waals surface area (Å²) >= 11 is 1.61. The number of nitrogens with zero attached hydrogens (tertiary/aromatic N) is 2. The maximum atomic E-state index is 12.2. The molecular weight excluding hydrogens is 354 g/mol. The van der Waals surface area contributed by atoms with Crippen LogP contribution in [0.25, 0.3) is 21.1 Å². The van der Waals surface area contributed by atoms with Gasteiger partial charge in [-0.15, -0.1) is 11.3 Å². The highest BCUT2D eigenvalue weighted by Gasteiger charge is 2.08. The highest BCUT2D eigenvalue weighted by Crippen LogP contribution is 2.29. The van der Waals surface area contributed by atoms with E-state index in [0.29, 0.717) is 4.90 Å². The summed E-state index contributed by atoms with van der Waals surface area (Å²) < 4.78 is 13.3. The third-order valence-electron chi connectivity index (χ3n) is 3.86. The van der Waals surface area contributed by atoms with Crippen LogP contribution in [0.3, 0.4) is 0 Å². The largest absolute Gasteiger partial charge is 0.395 e. The molecule has 5 nitrogen and oxygen atoms in total. The number of hydrogen-bond acceptors (Lipinski definition) is 6. The summed E-state index contributed by atoms with van der Waals surface area (Å²) in [4.78, 5) is 9.40. The van der Waals surface area contributed by atoms with Crippen LogP contribution in [-0.4, -0.2) is 31.6 Å². The van der Waals surface area contributed by atoms with E-state index in [2.05, 4.69) is 15.3 Å². The van der Waals surface area contributed by atoms with E-state index >= 15 is 0 Å². The Morgan fingerprint density at radius 1 is 1.08 bits per heavy atom. The molecule has 0 saturated carbocycles. The first-order valence-electron chi connectivity index (χ1n) is 7.73. The monoisotopic (exact) mass is 369 g/mol. The molecule has 0 aliphatic rings. The minimum Gasteiger partial charge on any atom is -0.395 e. The molecule has 0 fully saturated rings. The number of aliphatic hydroxyl groups excluding tert-OH is 1. The molecule has 1 unspecified atom stereocenters. The lowest BCUT2D eigenvalue weighted by Crippen LogP contribution is -2.02. The van der Waals surface area contributed by atoms with Crippen LogP contribution in [0.2, 0.25) is 0 Å². The van der Waals surface area contributed by atoms with Crippen molar-refractivity contribution in [2.75, 3.05) is 17.7 Å². The Labute approximate surface area is 150 Å². The summed E-state index contributed by atoms with van der Waals surface area (Å²) in [7, 11) is -1.22. The van der Waals surface area contributed by atoms with Crippen LogP contribution in [0.5, 0.6) is 0 Å². The van der Waals surface area contributed by atoms with E-state index in [1.54, 1.807) is 23.6 Å². The molecule has 0 amide bonds. The van der Waals surface area contributed by atoms with Gasteiger partial charge in [0.1, 0.15) is 0 Å². The SMILES string of the molecule is O=S(CCO)c1ccc2nccc(Nc3ccc4scnc4c3)c2c1. The standard InChI is InChI=1S/C18H15N3O2S2/c22-7-8-25(23)13-2-3-15-14(10-13)16(5-6-19-15)21-12-1-4-18-17(9-12)20-11-24-18/h1-6,9-11,22H,7-8H2,(H,19,21). The summed E-state index contributed by atoms with van der Waals surface area (Å²) in [6, 6.07) is 13.5. The lowest BCUT2D eigenvalue weighted by Gasteiger charge is -2.11. The summed E-state index contributed by atoms with van der Waals surface area (Å²) in [5.41, 5.74) is 5.44. The highest BCUT2D eigenvalue weighted by atomic mass is 32.2. The zero-order valence-corrected chi connectivity index (χ0v) is 14.8. The van der Waals surface area contributed by atoms with Gasteiger partial charge in [-0.1, -0.05) is 0 Å². The number of aromatic nitrogens is 2. The van der Waals surface area contributed by atoms with Gasteiger partial charge in [-0.25, -0.2) is 4.98 Å². The minimum atomic E-state index is -1.22. The number of nitrogens with one attached hydrogen (secondary N) is 1. The van der Waals surface area contributed by atoms with Gasteiger partial charge in [0.05, 0.1) is 44.4 Å². The van der Waals surface area contributed by atoms with Crippen molar-refractivity contribution in [3.8, 4) is 0 Å². The zero-order valence-electron chi connectivity index (χ0n) is 13.2. The van der Waals surface area contributed by atoms with Crippen LogP contribution in [0, 0.1) is 0 Å². The van der Waals surface area contributed by atoms with Crippen LogP contribution >= 0.6 is 11.3 Å². The molecule has 0 aliphatic carbocycles. The van der Waals surface area contributed by atoms with Crippen molar-refractivity contribution < 1.29 is 9.32 Å². The Kier molecular flexibility index (Phi) is 4.44. The average Bonchev–Trinajstić information content (AvgIpc) is 3.09. The van der Waals surface area contributed by atoms with E-state index in [9.17, 15) is 4.21 Å². The van der Waals surface area contributed by atoms with Crippen LogP contribution < -0.4 is 5.32 Å². The Morgan fingerprint density at radius 2 is 2.00 bits per heavy atom. The van der Waals surface area contributed by atoms with Crippen LogP contribution in [0.1, 0.15) is 0 Å². The van der Waals surface area contributed by atoms with Gasteiger partial charge < -0.3 is 10.4 Å². The smallest absolute Gasteiger partial charge is 0.0832 e. The van der Waals surface area contributed by atoms with Gasteiger partial charge >= 0.3 is 0 Å². The van der Waals surface area contributed by atoms with Crippen molar-refractivity contribution >= 4 is 54.6 Å². The number of hydrogen-bond donors (Lipinski definition) is 2. The summed E-state index contributed by atoms with van der Waals surface area (Å²) in [5.74, 6) is 0.231. The highest BCUT2D eigenvalue weighted by molar-refractivity contribution is 7.85. The van der Waals surface area contributed by atoms with Crippen molar-refractivity contribution in [1.29, 1.82) is 0 Å². The predicted octanol–water partition coefficient (Wildman–Crippen LogP) is 3.69. The lowest BCUT2D eigenvalue weighted by molar-refractivity contribution is 0.321. The van der Waals surface area contributed by atoms with Gasteiger partial charge in [-0.3, -0.25) is 9.19 Å². The molecule has 2 aromatic heterocycles. The summed E-state index contributed by atoms with van der Waals surface area (Å²) in [6.45, 7) is -0.101. The molecule has 2 N–H and O–H groups in total.